The summed E-state index contributed by atoms with van der Waals surface area (Å²) >= 11 is 5.30. The zero-order valence-corrected chi connectivity index (χ0v) is 11.2. The smallest absolute Gasteiger partial charge is 0.0571 e. The number of hydrogen-bond acceptors (Lipinski definition) is 2. The van der Waals surface area contributed by atoms with Crippen molar-refractivity contribution in [3.63, 3.8) is 0 Å². The molecule has 84 valence electrons. The molecule has 0 spiro atoms. The van der Waals surface area contributed by atoms with Gasteiger partial charge in [0.15, 0.2) is 0 Å². The van der Waals surface area contributed by atoms with E-state index in [0.29, 0.717) is 5.92 Å². The Bertz CT molecular complexity index is 304. The summed E-state index contributed by atoms with van der Waals surface area (Å²) in [4.78, 5) is 1.37. The van der Waals surface area contributed by atoms with Crippen LogP contribution in [0.5, 0.6) is 0 Å². The highest BCUT2D eigenvalue weighted by molar-refractivity contribution is 9.10. The van der Waals surface area contributed by atoms with Crippen molar-refractivity contribution in [1.29, 1.82) is 0 Å². The van der Waals surface area contributed by atoms with E-state index in [2.05, 4.69) is 27.4 Å². The molecule has 2 rings (SSSR count). The molecule has 1 aliphatic rings. The van der Waals surface area contributed by atoms with Crippen LogP contribution in [-0.4, -0.2) is 11.2 Å². The predicted octanol–water partition coefficient (Wildman–Crippen LogP) is 3.99. The van der Waals surface area contributed by atoms with Gasteiger partial charge in [0.1, 0.15) is 0 Å². The largest absolute Gasteiger partial charge is 0.393 e. The van der Waals surface area contributed by atoms with Gasteiger partial charge in [-0.25, -0.2) is 0 Å². The number of thiophene rings is 1. The molecule has 15 heavy (non-hydrogen) atoms. The van der Waals surface area contributed by atoms with Crippen molar-refractivity contribution < 1.29 is 5.11 Å². The second-order valence-corrected chi connectivity index (χ2v) is 6.20. The van der Waals surface area contributed by atoms with Gasteiger partial charge < -0.3 is 5.11 Å². The highest BCUT2D eigenvalue weighted by Crippen LogP contribution is 2.31. The first-order valence-electron chi connectivity index (χ1n) is 5.67. The lowest BCUT2D eigenvalue weighted by atomic mass is 9.97. The third kappa shape index (κ3) is 3.05. The molecule has 1 atom stereocenters. The Hall–Kier alpha value is 0.140. The summed E-state index contributed by atoms with van der Waals surface area (Å²) in [5, 5.41) is 12.1. The maximum Gasteiger partial charge on any atom is 0.0571 e. The number of aliphatic hydroxyl groups excluding tert-OH is 1. The first-order chi connectivity index (χ1) is 7.27. The SMILES string of the molecule is OC(CCc1sccc1Br)C1CCCC1. The van der Waals surface area contributed by atoms with Crippen molar-refractivity contribution in [2.45, 2.75) is 44.6 Å². The molecule has 0 bridgehead atoms. The molecule has 0 amide bonds. The fourth-order valence-electron chi connectivity index (χ4n) is 2.36. The summed E-state index contributed by atoms with van der Waals surface area (Å²) in [6.07, 6.45) is 6.93. The average Bonchev–Trinajstić information content (AvgIpc) is 2.85. The van der Waals surface area contributed by atoms with Crippen LogP contribution in [0.25, 0.3) is 0 Å². The minimum atomic E-state index is -0.0819. The average molecular weight is 289 g/mol. The van der Waals surface area contributed by atoms with Crippen LogP contribution in [0.3, 0.4) is 0 Å². The standard InChI is InChI=1S/C12H17BrOS/c13-10-7-8-15-12(10)6-5-11(14)9-3-1-2-4-9/h7-9,11,14H,1-6H2. The van der Waals surface area contributed by atoms with Crippen LogP contribution in [0, 0.1) is 5.92 Å². The van der Waals surface area contributed by atoms with Crippen LogP contribution in [0.15, 0.2) is 15.9 Å². The van der Waals surface area contributed by atoms with Gasteiger partial charge in [-0.3, -0.25) is 0 Å². The third-order valence-electron chi connectivity index (χ3n) is 3.30. The van der Waals surface area contributed by atoms with Gasteiger partial charge in [-0.1, -0.05) is 12.8 Å². The van der Waals surface area contributed by atoms with Crippen molar-refractivity contribution in [2.24, 2.45) is 5.92 Å². The zero-order chi connectivity index (χ0) is 10.7. The van der Waals surface area contributed by atoms with E-state index in [-0.39, 0.29) is 6.10 Å². The van der Waals surface area contributed by atoms with Gasteiger partial charge >= 0.3 is 0 Å². The molecule has 0 aromatic carbocycles. The Morgan fingerprint density at radius 1 is 1.47 bits per heavy atom. The lowest BCUT2D eigenvalue weighted by Gasteiger charge is -2.16. The Balaban J connectivity index is 1.80. The number of aryl methyl sites for hydroxylation is 1. The lowest BCUT2D eigenvalue weighted by molar-refractivity contribution is 0.102. The minimum absolute atomic E-state index is 0.0819. The summed E-state index contributed by atoms with van der Waals surface area (Å²) in [5.41, 5.74) is 0. The van der Waals surface area contributed by atoms with Crippen molar-refractivity contribution in [2.75, 3.05) is 0 Å². The molecule has 3 heteroatoms. The van der Waals surface area contributed by atoms with Crippen LogP contribution >= 0.6 is 27.3 Å². The van der Waals surface area contributed by atoms with Gasteiger partial charge in [0, 0.05) is 9.35 Å². The third-order valence-corrected chi connectivity index (χ3v) is 5.29. The monoisotopic (exact) mass is 288 g/mol. The molecule has 1 unspecified atom stereocenters. The molecule has 0 aliphatic heterocycles. The van der Waals surface area contributed by atoms with E-state index in [9.17, 15) is 5.11 Å². The van der Waals surface area contributed by atoms with E-state index in [1.165, 1.54) is 35.0 Å². The Kier molecular flexibility index (Phi) is 4.23. The Morgan fingerprint density at radius 3 is 2.80 bits per heavy atom. The van der Waals surface area contributed by atoms with E-state index in [1.807, 2.05) is 0 Å². The number of hydrogen-bond donors (Lipinski definition) is 1. The minimum Gasteiger partial charge on any atom is -0.393 e. The van der Waals surface area contributed by atoms with E-state index < -0.39 is 0 Å². The first kappa shape index (κ1) is 11.6. The van der Waals surface area contributed by atoms with Crippen LogP contribution in [0.2, 0.25) is 0 Å². The second-order valence-electron chi connectivity index (χ2n) is 4.34. The lowest BCUT2D eigenvalue weighted by Crippen LogP contribution is -2.18. The van der Waals surface area contributed by atoms with Crippen molar-refractivity contribution in [3.8, 4) is 0 Å². The first-order valence-corrected chi connectivity index (χ1v) is 7.34. The van der Waals surface area contributed by atoms with Gasteiger partial charge in [-0.15, -0.1) is 11.3 Å². The topological polar surface area (TPSA) is 20.2 Å². The number of halogens is 1. The van der Waals surface area contributed by atoms with Crippen molar-refractivity contribution >= 4 is 27.3 Å². The van der Waals surface area contributed by atoms with Gasteiger partial charge in [-0.2, -0.15) is 0 Å². The fraction of sp³-hybridized carbons (Fsp3) is 0.667. The van der Waals surface area contributed by atoms with E-state index >= 15 is 0 Å². The summed E-state index contributed by atoms with van der Waals surface area (Å²) < 4.78 is 1.20. The fourth-order valence-corrected chi connectivity index (χ4v) is 3.93. The molecule has 0 radical (unpaired) electrons. The van der Waals surface area contributed by atoms with E-state index in [4.69, 9.17) is 0 Å². The molecule has 1 N–H and O–H groups in total. The van der Waals surface area contributed by atoms with Crippen molar-refractivity contribution in [3.05, 3.63) is 20.8 Å². The van der Waals surface area contributed by atoms with Crippen LogP contribution in [0.4, 0.5) is 0 Å². The number of aliphatic hydroxyl groups is 1. The molecule has 1 fully saturated rings. The maximum absolute atomic E-state index is 10.0. The summed E-state index contributed by atoms with van der Waals surface area (Å²) in [6, 6.07) is 2.09. The molecule has 0 saturated heterocycles. The molecule has 1 aliphatic carbocycles. The summed E-state index contributed by atoms with van der Waals surface area (Å²) in [6.45, 7) is 0. The summed E-state index contributed by atoms with van der Waals surface area (Å²) in [5.74, 6) is 0.573. The molecule has 1 heterocycles. The molecule has 1 aromatic heterocycles. The zero-order valence-electron chi connectivity index (χ0n) is 8.79. The van der Waals surface area contributed by atoms with Gasteiger partial charge in [0.05, 0.1) is 6.10 Å². The molecular formula is C12H17BrOS. The van der Waals surface area contributed by atoms with Crippen LogP contribution < -0.4 is 0 Å². The van der Waals surface area contributed by atoms with Gasteiger partial charge in [0.25, 0.3) is 0 Å². The van der Waals surface area contributed by atoms with Crippen molar-refractivity contribution in [1.82, 2.24) is 0 Å². The molecule has 1 saturated carbocycles. The number of rotatable bonds is 4. The quantitative estimate of drug-likeness (QED) is 0.888. The molecular weight excluding hydrogens is 272 g/mol. The Morgan fingerprint density at radius 2 is 2.20 bits per heavy atom. The van der Waals surface area contributed by atoms with Gasteiger partial charge in [0.2, 0.25) is 0 Å². The van der Waals surface area contributed by atoms with Crippen LogP contribution in [-0.2, 0) is 6.42 Å². The highest BCUT2D eigenvalue weighted by Gasteiger charge is 2.22. The molecule has 1 aromatic rings. The van der Waals surface area contributed by atoms with Gasteiger partial charge in [-0.05, 0) is 59.0 Å². The summed E-state index contributed by atoms with van der Waals surface area (Å²) in [7, 11) is 0. The van der Waals surface area contributed by atoms with E-state index in [0.717, 1.165) is 12.8 Å². The highest BCUT2D eigenvalue weighted by atomic mass is 79.9. The Labute approximate surface area is 104 Å². The maximum atomic E-state index is 10.0. The second kappa shape index (κ2) is 5.46. The normalized spacial score (nSPS) is 19.6. The van der Waals surface area contributed by atoms with Crippen LogP contribution in [0.1, 0.15) is 37.0 Å². The van der Waals surface area contributed by atoms with E-state index in [1.54, 1.807) is 11.3 Å². The predicted molar refractivity (Wildman–Crippen MR) is 68.3 cm³/mol. The molecule has 1 nitrogen and oxygen atoms in total.